The fourth-order valence-corrected chi connectivity index (χ4v) is 4.83. The number of allylic oxidation sites excluding steroid dienone is 2. The summed E-state index contributed by atoms with van der Waals surface area (Å²) in [5, 5.41) is 3.38. The van der Waals surface area contributed by atoms with E-state index in [1.54, 1.807) is 7.05 Å². The molecule has 0 bridgehead atoms. The molecule has 0 saturated carbocycles. The first kappa shape index (κ1) is 24.6. The maximum absolute atomic E-state index is 12.0. The highest BCUT2D eigenvalue weighted by atomic mass is 32.1. The van der Waals surface area contributed by atoms with Crippen molar-refractivity contribution < 1.29 is 0 Å². The highest BCUT2D eigenvalue weighted by Crippen LogP contribution is 2.28. The van der Waals surface area contributed by atoms with Gasteiger partial charge < -0.3 is 4.98 Å². The molecular formula is C29H30N4OS. The highest BCUT2D eigenvalue weighted by molar-refractivity contribution is 7.79. The molecule has 178 valence electrons. The SMILES string of the molecule is CCc1cc2nc(/C(C)=C(\N=O)C(=NC)c3ccc(-c4cc(C)cc(C)c4)cc3)[nH]c2cc1CS. The molecule has 0 radical (unpaired) electrons. The number of hydrogen-bond acceptors (Lipinski definition) is 5. The molecule has 3 aromatic carbocycles. The van der Waals surface area contributed by atoms with Crippen LogP contribution >= 0.6 is 12.6 Å². The lowest BCUT2D eigenvalue weighted by atomic mass is 9.97. The van der Waals surface area contributed by atoms with E-state index in [1.165, 1.54) is 27.8 Å². The normalized spacial score (nSPS) is 12.7. The summed E-state index contributed by atoms with van der Waals surface area (Å²) in [5.74, 6) is 1.27. The van der Waals surface area contributed by atoms with Crippen LogP contribution in [0.2, 0.25) is 0 Å². The Morgan fingerprint density at radius 3 is 2.23 bits per heavy atom. The fourth-order valence-electron chi connectivity index (χ4n) is 4.53. The zero-order valence-electron chi connectivity index (χ0n) is 20.8. The van der Waals surface area contributed by atoms with Gasteiger partial charge in [0.1, 0.15) is 11.5 Å². The van der Waals surface area contributed by atoms with Crippen LogP contribution < -0.4 is 0 Å². The van der Waals surface area contributed by atoms with Crippen molar-refractivity contribution in [3.63, 3.8) is 0 Å². The average molecular weight is 483 g/mol. The minimum atomic E-state index is 0.274. The summed E-state index contributed by atoms with van der Waals surface area (Å²) < 4.78 is 0. The zero-order valence-corrected chi connectivity index (χ0v) is 21.7. The number of imidazole rings is 1. The van der Waals surface area contributed by atoms with E-state index in [-0.39, 0.29) is 5.70 Å². The van der Waals surface area contributed by atoms with Crippen molar-refractivity contribution >= 4 is 34.9 Å². The molecule has 6 heteroatoms. The molecule has 0 amide bonds. The lowest BCUT2D eigenvalue weighted by Crippen LogP contribution is -2.06. The van der Waals surface area contributed by atoms with Crippen LogP contribution in [0.5, 0.6) is 0 Å². The van der Waals surface area contributed by atoms with Crippen molar-refractivity contribution in [2.75, 3.05) is 7.05 Å². The molecule has 0 aliphatic carbocycles. The van der Waals surface area contributed by atoms with Crippen molar-refractivity contribution in [2.45, 2.75) is 39.9 Å². The van der Waals surface area contributed by atoms with Crippen molar-refractivity contribution in [1.29, 1.82) is 0 Å². The van der Waals surface area contributed by atoms with E-state index in [0.29, 0.717) is 22.9 Å². The van der Waals surface area contributed by atoms with Gasteiger partial charge in [0.15, 0.2) is 0 Å². The van der Waals surface area contributed by atoms with Gasteiger partial charge in [-0.15, -0.1) is 4.91 Å². The van der Waals surface area contributed by atoms with E-state index in [2.05, 4.69) is 91.0 Å². The number of benzene rings is 3. The number of rotatable bonds is 7. The second-order valence-electron chi connectivity index (χ2n) is 8.83. The van der Waals surface area contributed by atoms with Crippen molar-refractivity contribution in [2.24, 2.45) is 10.2 Å². The smallest absolute Gasteiger partial charge is 0.140 e. The summed E-state index contributed by atoms with van der Waals surface area (Å²) in [6, 6.07) is 18.8. The molecule has 1 N–H and O–H groups in total. The quantitative estimate of drug-likeness (QED) is 0.163. The Morgan fingerprint density at radius 1 is 0.971 bits per heavy atom. The molecule has 4 aromatic rings. The van der Waals surface area contributed by atoms with Crippen LogP contribution in [-0.4, -0.2) is 22.7 Å². The molecule has 0 aliphatic heterocycles. The number of aliphatic imine (C=N–C) groups is 1. The Kier molecular flexibility index (Phi) is 7.31. The van der Waals surface area contributed by atoms with Crippen LogP contribution in [-0.2, 0) is 12.2 Å². The lowest BCUT2D eigenvalue weighted by Gasteiger charge is -2.10. The van der Waals surface area contributed by atoms with Crippen LogP contribution in [0.25, 0.3) is 27.7 Å². The van der Waals surface area contributed by atoms with E-state index in [1.807, 2.05) is 19.1 Å². The van der Waals surface area contributed by atoms with E-state index in [9.17, 15) is 4.91 Å². The third-order valence-electron chi connectivity index (χ3n) is 6.32. The molecule has 35 heavy (non-hydrogen) atoms. The van der Waals surface area contributed by atoms with Gasteiger partial charge in [0, 0.05) is 23.9 Å². The first-order valence-electron chi connectivity index (χ1n) is 11.7. The standard InChI is InChI=1S/C29H30N4OS/c1-6-20-14-25-26(15-24(20)16-35)32-29(31-25)19(4)27(33-34)28(30-5)22-9-7-21(8-10-22)23-12-17(2)11-18(3)13-23/h7-15,35H,6,16H2,1-5H3,(H,31,32)/b27-19-,30-28?. The van der Waals surface area contributed by atoms with E-state index >= 15 is 0 Å². The van der Waals surface area contributed by atoms with E-state index in [4.69, 9.17) is 4.98 Å². The van der Waals surface area contributed by atoms with E-state index in [0.717, 1.165) is 28.6 Å². The summed E-state index contributed by atoms with van der Waals surface area (Å²) in [7, 11) is 1.68. The predicted molar refractivity (Wildman–Crippen MR) is 150 cm³/mol. The summed E-state index contributed by atoms with van der Waals surface area (Å²) in [6.07, 6.45) is 0.911. The number of nitrogens with zero attached hydrogens (tertiary/aromatic N) is 3. The van der Waals surface area contributed by atoms with E-state index < -0.39 is 0 Å². The number of thiol groups is 1. The molecule has 4 rings (SSSR count). The monoisotopic (exact) mass is 482 g/mol. The van der Waals surface area contributed by atoms with Crippen LogP contribution in [0.3, 0.4) is 0 Å². The fraction of sp³-hybridized carbons (Fsp3) is 0.241. The number of H-pyrrole nitrogens is 1. The minimum absolute atomic E-state index is 0.274. The van der Waals surface area contributed by atoms with Crippen LogP contribution in [0, 0.1) is 18.8 Å². The van der Waals surface area contributed by atoms with Crippen molar-refractivity contribution in [3.05, 3.63) is 98.8 Å². The summed E-state index contributed by atoms with van der Waals surface area (Å²) in [4.78, 5) is 24.6. The second kappa shape index (κ2) is 10.4. The molecule has 1 aromatic heterocycles. The average Bonchev–Trinajstić information content (AvgIpc) is 3.28. The summed E-state index contributed by atoms with van der Waals surface area (Å²) in [6.45, 7) is 8.17. The van der Waals surface area contributed by atoms with Gasteiger partial charge in [-0.2, -0.15) is 12.6 Å². The predicted octanol–water partition coefficient (Wildman–Crippen LogP) is 7.46. The van der Waals surface area contributed by atoms with Crippen LogP contribution in [0.15, 0.2) is 70.5 Å². The topological polar surface area (TPSA) is 70.5 Å². The lowest BCUT2D eigenvalue weighted by molar-refractivity contribution is 1.11. The largest absolute Gasteiger partial charge is 0.338 e. The second-order valence-corrected chi connectivity index (χ2v) is 9.14. The molecule has 1 heterocycles. The first-order chi connectivity index (χ1) is 16.9. The molecule has 5 nitrogen and oxygen atoms in total. The number of aromatic nitrogens is 2. The maximum Gasteiger partial charge on any atom is 0.140 e. The Labute approximate surface area is 211 Å². The van der Waals surface area contributed by atoms with Crippen molar-refractivity contribution in [3.8, 4) is 11.1 Å². The number of hydrogen-bond donors (Lipinski definition) is 2. The van der Waals surface area contributed by atoms with Gasteiger partial charge in [-0.3, -0.25) is 4.99 Å². The van der Waals surface area contributed by atoms with Gasteiger partial charge in [-0.05, 0) is 66.8 Å². The van der Waals surface area contributed by atoms with Gasteiger partial charge in [0.05, 0.1) is 16.7 Å². The van der Waals surface area contributed by atoms with Gasteiger partial charge >= 0.3 is 0 Å². The van der Waals surface area contributed by atoms with Gasteiger partial charge in [0.2, 0.25) is 0 Å². The Morgan fingerprint density at radius 2 is 1.66 bits per heavy atom. The number of aryl methyl sites for hydroxylation is 3. The Hall–Kier alpha value is -3.51. The van der Waals surface area contributed by atoms with Gasteiger partial charge in [-0.25, -0.2) is 4.98 Å². The molecule has 0 saturated heterocycles. The Balaban J connectivity index is 1.73. The minimum Gasteiger partial charge on any atom is -0.338 e. The molecule has 0 spiro atoms. The number of aromatic amines is 1. The third kappa shape index (κ3) is 4.98. The van der Waals surface area contributed by atoms with Gasteiger partial charge in [-0.1, -0.05) is 60.5 Å². The highest BCUT2D eigenvalue weighted by Gasteiger charge is 2.18. The molecule has 0 fully saturated rings. The summed E-state index contributed by atoms with van der Waals surface area (Å²) in [5.41, 5.74) is 11.2. The third-order valence-corrected chi connectivity index (χ3v) is 6.66. The molecule has 0 atom stereocenters. The maximum atomic E-state index is 12.0. The Bertz CT molecular complexity index is 1400. The summed E-state index contributed by atoms with van der Waals surface area (Å²) >= 11 is 4.46. The van der Waals surface area contributed by atoms with Gasteiger partial charge in [0.25, 0.3) is 0 Å². The first-order valence-corrected chi connectivity index (χ1v) is 12.3. The number of nitrogens with one attached hydrogen (secondary N) is 1. The number of nitroso groups, excluding NO2 is 1. The van der Waals surface area contributed by atoms with Crippen LogP contribution in [0.4, 0.5) is 0 Å². The molecule has 0 unspecified atom stereocenters. The zero-order chi connectivity index (χ0) is 25.1. The molecule has 0 aliphatic rings. The molecular weight excluding hydrogens is 452 g/mol. The van der Waals surface area contributed by atoms with Crippen LogP contribution in [0.1, 0.15) is 47.5 Å². The van der Waals surface area contributed by atoms with Crippen molar-refractivity contribution in [1.82, 2.24) is 9.97 Å². The number of fused-ring (bicyclic) bond motifs is 1.